The molecule has 3 aromatic heterocycles. The number of halogens is 4. The molecular weight excluding hydrogens is 409 g/mol. The van der Waals surface area contributed by atoms with Gasteiger partial charge in [0, 0.05) is 36.6 Å². The number of carbonyl (C=O) groups is 1. The highest BCUT2D eigenvalue weighted by Gasteiger charge is 2.24. The van der Waals surface area contributed by atoms with Gasteiger partial charge < -0.3 is 4.74 Å². The number of carbonyl (C=O) groups excluding carboxylic acids is 1. The van der Waals surface area contributed by atoms with Crippen molar-refractivity contribution >= 4 is 23.2 Å². The number of nitrogens with zero attached hydrogens (tertiary/aromatic N) is 4. The first-order valence-corrected chi connectivity index (χ1v) is 8.62. The average Bonchev–Trinajstić information content (AvgIpc) is 3.18. The third-order valence-corrected chi connectivity index (χ3v) is 4.72. The second-order valence-corrected chi connectivity index (χ2v) is 6.56. The van der Waals surface area contributed by atoms with Crippen molar-refractivity contribution in [3.63, 3.8) is 0 Å². The van der Waals surface area contributed by atoms with E-state index in [9.17, 15) is 18.0 Å². The van der Waals surface area contributed by atoms with Crippen molar-refractivity contribution < 1.29 is 22.7 Å². The predicted octanol–water partition coefficient (Wildman–Crippen LogP) is 4.26. The molecule has 0 amide bonds. The standard InChI is InChI=1S/C19H12ClF3N4O2/c1-26-8-12(18(23)25-26)11-6-10(21)7-13(22)15(11)16-17(20)27-4-3-9(19(28)29-2)5-14(27)24-16/h3-8H,1-2H3. The van der Waals surface area contributed by atoms with Gasteiger partial charge >= 0.3 is 5.97 Å². The van der Waals surface area contributed by atoms with E-state index in [1.165, 1.54) is 47.8 Å². The number of hydrogen-bond donors (Lipinski definition) is 0. The summed E-state index contributed by atoms with van der Waals surface area (Å²) in [5.41, 5.74) is 0.0208. The van der Waals surface area contributed by atoms with Crippen LogP contribution in [0.2, 0.25) is 5.15 Å². The Morgan fingerprint density at radius 1 is 1.17 bits per heavy atom. The largest absolute Gasteiger partial charge is 0.465 e. The SMILES string of the molecule is COC(=O)c1ccn2c(Cl)c(-c3c(F)cc(F)cc3-c3cn(C)nc3F)nc2c1. The first-order valence-electron chi connectivity index (χ1n) is 8.25. The molecule has 4 rings (SSSR count). The number of rotatable bonds is 3. The van der Waals surface area contributed by atoms with Crippen molar-refractivity contribution in [2.75, 3.05) is 7.11 Å². The number of aryl methyl sites for hydroxylation is 1. The van der Waals surface area contributed by atoms with Crippen LogP contribution in [0.5, 0.6) is 0 Å². The number of imidazole rings is 1. The van der Waals surface area contributed by atoms with Crippen LogP contribution in [0.25, 0.3) is 28.0 Å². The minimum Gasteiger partial charge on any atom is -0.465 e. The van der Waals surface area contributed by atoms with Crippen molar-refractivity contribution in [1.82, 2.24) is 19.2 Å². The molecule has 0 unspecified atom stereocenters. The zero-order valence-electron chi connectivity index (χ0n) is 15.1. The summed E-state index contributed by atoms with van der Waals surface area (Å²) in [6.07, 6.45) is 2.76. The van der Waals surface area contributed by atoms with E-state index in [4.69, 9.17) is 11.6 Å². The Morgan fingerprint density at radius 2 is 1.93 bits per heavy atom. The molecule has 29 heavy (non-hydrogen) atoms. The van der Waals surface area contributed by atoms with Crippen LogP contribution in [-0.2, 0) is 11.8 Å². The van der Waals surface area contributed by atoms with Crippen LogP contribution in [-0.4, -0.2) is 32.2 Å². The Morgan fingerprint density at radius 3 is 2.59 bits per heavy atom. The molecule has 0 saturated heterocycles. The Balaban J connectivity index is 2.00. The molecular formula is C19H12ClF3N4O2. The maximum absolute atomic E-state index is 14.8. The lowest BCUT2D eigenvalue weighted by molar-refractivity contribution is 0.0600. The van der Waals surface area contributed by atoms with Gasteiger partial charge in [0.2, 0.25) is 5.95 Å². The molecule has 0 atom stereocenters. The summed E-state index contributed by atoms with van der Waals surface area (Å²) in [6, 6.07) is 4.51. The zero-order chi connectivity index (χ0) is 20.9. The molecule has 6 nitrogen and oxygen atoms in total. The highest BCUT2D eigenvalue weighted by atomic mass is 35.5. The number of fused-ring (bicyclic) bond motifs is 1. The van der Waals surface area contributed by atoms with Crippen LogP contribution >= 0.6 is 11.6 Å². The highest BCUT2D eigenvalue weighted by Crippen LogP contribution is 2.39. The van der Waals surface area contributed by atoms with E-state index in [0.717, 1.165) is 6.07 Å². The molecule has 0 aliphatic heterocycles. The molecule has 10 heteroatoms. The van der Waals surface area contributed by atoms with Crippen molar-refractivity contribution in [3.05, 3.63) is 65.0 Å². The predicted molar refractivity (Wildman–Crippen MR) is 99.1 cm³/mol. The number of benzene rings is 1. The molecule has 0 N–H and O–H groups in total. The van der Waals surface area contributed by atoms with Crippen molar-refractivity contribution in [2.24, 2.45) is 7.05 Å². The number of methoxy groups -OCH3 is 1. The number of hydrogen-bond acceptors (Lipinski definition) is 4. The van der Waals surface area contributed by atoms with Crippen molar-refractivity contribution in [2.45, 2.75) is 0 Å². The molecule has 3 heterocycles. The van der Waals surface area contributed by atoms with Gasteiger partial charge in [-0.25, -0.2) is 18.6 Å². The first kappa shape index (κ1) is 19.0. The van der Waals surface area contributed by atoms with E-state index in [1.807, 2.05) is 0 Å². The molecule has 1 aromatic carbocycles. The summed E-state index contributed by atoms with van der Waals surface area (Å²) < 4.78 is 50.3. The summed E-state index contributed by atoms with van der Waals surface area (Å²) in [6.45, 7) is 0. The van der Waals surface area contributed by atoms with E-state index in [2.05, 4.69) is 14.8 Å². The Hall–Kier alpha value is -3.33. The zero-order valence-corrected chi connectivity index (χ0v) is 15.8. The number of aromatic nitrogens is 4. The topological polar surface area (TPSA) is 61.4 Å². The van der Waals surface area contributed by atoms with Gasteiger partial charge in [0.1, 0.15) is 28.1 Å². The summed E-state index contributed by atoms with van der Waals surface area (Å²) in [5, 5.41) is 3.59. The second-order valence-electron chi connectivity index (χ2n) is 6.20. The molecule has 4 aromatic rings. The van der Waals surface area contributed by atoms with Crippen LogP contribution < -0.4 is 0 Å². The van der Waals surface area contributed by atoms with Gasteiger partial charge in [-0.2, -0.15) is 4.39 Å². The molecule has 0 bridgehead atoms. The molecule has 0 spiro atoms. The van der Waals surface area contributed by atoms with Crippen LogP contribution in [0.15, 0.2) is 36.7 Å². The van der Waals surface area contributed by atoms with Crippen LogP contribution in [0.3, 0.4) is 0 Å². The maximum atomic E-state index is 14.8. The fourth-order valence-corrected chi connectivity index (χ4v) is 3.37. The smallest absolute Gasteiger partial charge is 0.338 e. The number of pyridine rings is 1. The second kappa shape index (κ2) is 6.93. The summed E-state index contributed by atoms with van der Waals surface area (Å²) in [7, 11) is 2.72. The fourth-order valence-electron chi connectivity index (χ4n) is 3.09. The van der Waals surface area contributed by atoms with Crippen molar-refractivity contribution in [1.29, 1.82) is 0 Å². The van der Waals surface area contributed by atoms with Crippen LogP contribution in [0.1, 0.15) is 10.4 Å². The van der Waals surface area contributed by atoms with Gasteiger partial charge in [-0.1, -0.05) is 11.6 Å². The minimum absolute atomic E-state index is 0.00692. The van der Waals surface area contributed by atoms with Crippen molar-refractivity contribution in [3.8, 4) is 22.4 Å². The quantitative estimate of drug-likeness (QED) is 0.465. The average molecular weight is 421 g/mol. The molecule has 0 aliphatic carbocycles. The Bertz CT molecular complexity index is 1280. The van der Waals surface area contributed by atoms with Gasteiger partial charge in [-0.15, -0.1) is 5.10 Å². The van der Waals surface area contributed by atoms with E-state index in [-0.39, 0.29) is 38.7 Å². The first-order chi connectivity index (χ1) is 13.8. The number of esters is 1. The lowest BCUT2D eigenvalue weighted by Crippen LogP contribution is -2.01. The minimum atomic E-state index is -0.971. The maximum Gasteiger partial charge on any atom is 0.338 e. The summed E-state index contributed by atoms with van der Waals surface area (Å²) in [4.78, 5) is 16.0. The molecule has 0 radical (unpaired) electrons. The molecule has 0 aliphatic rings. The lowest BCUT2D eigenvalue weighted by Gasteiger charge is -2.08. The normalized spacial score (nSPS) is 11.2. The van der Waals surface area contributed by atoms with E-state index >= 15 is 0 Å². The van der Waals surface area contributed by atoms with Crippen LogP contribution in [0.4, 0.5) is 13.2 Å². The van der Waals surface area contributed by atoms with Gasteiger partial charge in [0.25, 0.3) is 0 Å². The summed E-state index contributed by atoms with van der Waals surface area (Å²) >= 11 is 6.38. The fraction of sp³-hybridized carbons (Fsp3) is 0.105. The Labute approximate surface area is 167 Å². The van der Waals surface area contributed by atoms with E-state index in [1.54, 1.807) is 0 Å². The van der Waals surface area contributed by atoms with Crippen LogP contribution in [0, 0.1) is 17.6 Å². The molecule has 0 saturated carbocycles. The van der Waals surface area contributed by atoms with Gasteiger partial charge in [0.15, 0.2) is 0 Å². The number of ether oxygens (including phenoxy) is 1. The highest BCUT2D eigenvalue weighted by molar-refractivity contribution is 6.32. The monoisotopic (exact) mass is 420 g/mol. The third kappa shape index (κ3) is 3.13. The summed E-state index contributed by atoms with van der Waals surface area (Å²) in [5.74, 6) is -3.34. The van der Waals surface area contributed by atoms with E-state index < -0.39 is 23.6 Å². The van der Waals surface area contributed by atoms with Gasteiger partial charge in [-0.05, 0) is 18.2 Å². The molecule has 148 valence electrons. The van der Waals surface area contributed by atoms with Gasteiger partial charge in [0.05, 0.1) is 18.2 Å². The Kier molecular flexibility index (Phi) is 4.54. The third-order valence-electron chi connectivity index (χ3n) is 4.35. The van der Waals surface area contributed by atoms with E-state index in [0.29, 0.717) is 6.07 Å². The lowest BCUT2D eigenvalue weighted by atomic mass is 9.99. The van der Waals surface area contributed by atoms with Gasteiger partial charge in [-0.3, -0.25) is 9.08 Å². The molecule has 0 fully saturated rings.